The van der Waals surface area contributed by atoms with E-state index in [1.165, 1.54) is 26.7 Å². The molecule has 2 aromatic rings. The van der Waals surface area contributed by atoms with Gasteiger partial charge in [-0.15, -0.1) is 0 Å². The normalized spacial score (nSPS) is 12.4. The van der Waals surface area contributed by atoms with Crippen molar-refractivity contribution < 1.29 is 0 Å². The van der Waals surface area contributed by atoms with Gasteiger partial charge in [0.1, 0.15) is 0 Å². The molecule has 0 nitrogen and oxygen atoms in total. The van der Waals surface area contributed by atoms with E-state index in [0.29, 0.717) is 0 Å². The molecule has 0 amide bonds. The molecule has 0 unspecified atom stereocenters. The van der Waals surface area contributed by atoms with E-state index in [-0.39, 0.29) is 0 Å². The molecule has 3 rings (SSSR count). The Kier molecular flexibility index (Phi) is 1.77. The fraction of sp³-hybridized carbons (Fsp3) is 0.0769. The molecule has 0 heterocycles. The number of hydrogen-bond donors (Lipinski definition) is 0. The number of hydrogen-bond acceptors (Lipinski definition) is 0. The van der Waals surface area contributed by atoms with Gasteiger partial charge in [-0.2, -0.15) is 0 Å². The predicted octanol–water partition coefficient (Wildman–Crippen LogP) is 2.05. The third kappa shape index (κ3) is 1.07. The van der Waals surface area contributed by atoms with Crippen LogP contribution in [0, 0.1) is 0 Å². The number of fused-ring (bicyclic) bond motifs is 3. The first-order chi connectivity index (χ1) is 6.86. The maximum atomic E-state index is 2.82. The molecule has 0 saturated carbocycles. The quantitative estimate of drug-likeness (QED) is 0.478. The van der Waals surface area contributed by atoms with E-state index in [1.54, 1.807) is 0 Å². The zero-order valence-corrected chi connectivity index (χ0v) is 8.98. The minimum absolute atomic E-state index is 1.09. The molecule has 14 heavy (non-hydrogen) atoms. The van der Waals surface area contributed by atoms with Crippen molar-refractivity contribution in [2.24, 2.45) is 0 Å². The van der Waals surface area contributed by atoms with E-state index < -0.39 is 0 Å². The minimum atomic E-state index is 1.09. The number of benzene rings is 2. The van der Waals surface area contributed by atoms with Gasteiger partial charge in [-0.3, -0.25) is 0 Å². The fourth-order valence-electron chi connectivity index (χ4n) is 2.18. The van der Waals surface area contributed by atoms with Crippen molar-refractivity contribution in [2.75, 3.05) is 0 Å². The van der Waals surface area contributed by atoms with Gasteiger partial charge in [0.25, 0.3) is 0 Å². The van der Waals surface area contributed by atoms with Gasteiger partial charge in [-0.1, -0.05) is 0 Å². The molecule has 0 aliphatic heterocycles. The maximum absolute atomic E-state index is 2.82. The summed E-state index contributed by atoms with van der Waals surface area (Å²) in [5, 5.41) is 0. The van der Waals surface area contributed by atoms with Gasteiger partial charge < -0.3 is 0 Å². The van der Waals surface area contributed by atoms with E-state index in [0.717, 1.165) is 6.42 Å². The summed E-state index contributed by atoms with van der Waals surface area (Å²) < 4.78 is 1.33. The Morgan fingerprint density at radius 2 is 1.64 bits per heavy atom. The van der Waals surface area contributed by atoms with Crippen LogP contribution in [0.2, 0.25) is 0 Å². The molecule has 0 fully saturated rings. The molecule has 1 aliphatic rings. The molecule has 0 spiro atoms. The topological polar surface area (TPSA) is 0 Å². The van der Waals surface area contributed by atoms with Gasteiger partial charge in [-0.25, -0.2) is 0 Å². The standard InChI is InChI=1S/C13H9.Al/c1-3-7-12-10(5-1)9-11-6-2-4-8-13(11)12;/h1-5,7-8H,9H2;/q;+2. The first-order valence-corrected chi connectivity index (χ1v) is 5.39. The van der Waals surface area contributed by atoms with Crippen LogP contribution in [0.5, 0.6) is 0 Å². The SMILES string of the molecule is [Al+2][c]1cccc2c1Cc1ccccc1-2. The second-order valence-electron chi connectivity index (χ2n) is 3.71. The molecule has 0 bridgehead atoms. The van der Waals surface area contributed by atoms with Gasteiger partial charge in [-0.05, 0) is 0 Å². The molecule has 1 aliphatic carbocycles. The summed E-state index contributed by atoms with van der Waals surface area (Å²) in [6, 6.07) is 15.2. The summed E-state index contributed by atoms with van der Waals surface area (Å²) >= 11 is 2.82. The van der Waals surface area contributed by atoms with E-state index in [1.807, 2.05) is 0 Å². The third-order valence-electron chi connectivity index (χ3n) is 2.89. The van der Waals surface area contributed by atoms with Crippen molar-refractivity contribution in [2.45, 2.75) is 6.42 Å². The Bertz CT molecular complexity index is 500. The molecule has 2 aromatic carbocycles. The van der Waals surface area contributed by atoms with Crippen molar-refractivity contribution in [1.29, 1.82) is 0 Å². The van der Waals surface area contributed by atoms with Crippen LogP contribution in [-0.4, -0.2) is 16.3 Å². The molecule has 1 heteroatoms. The third-order valence-corrected chi connectivity index (χ3v) is 3.43. The van der Waals surface area contributed by atoms with Crippen molar-refractivity contribution in [3.05, 3.63) is 53.6 Å². The summed E-state index contributed by atoms with van der Waals surface area (Å²) in [7, 11) is 0. The Morgan fingerprint density at radius 1 is 0.857 bits per heavy atom. The van der Waals surface area contributed by atoms with Crippen LogP contribution in [0.3, 0.4) is 0 Å². The first kappa shape index (κ1) is 8.29. The second kappa shape index (κ2) is 2.99. The zero-order chi connectivity index (χ0) is 9.54. The van der Waals surface area contributed by atoms with E-state index in [2.05, 4.69) is 58.8 Å². The van der Waals surface area contributed by atoms with Crippen molar-refractivity contribution in [1.82, 2.24) is 0 Å². The average molecular weight is 192 g/mol. The first-order valence-electron chi connectivity index (χ1n) is 4.82. The van der Waals surface area contributed by atoms with Crippen molar-refractivity contribution in [3.63, 3.8) is 0 Å². The van der Waals surface area contributed by atoms with Crippen molar-refractivity contribution >= 4 is 20.7 Å². The van der Waals surface area contributed by atoms with Gasteiger partial charge in [0.2, 0.25) is 0 Å². The monoisotopic (exact) mass is 192 g/mol. The summed E-state index contributed by atoms with van der Waals surface area (Å²) in [4.78, 5) is 0. The van der Waals surface area contributed by atoms with Crippen LogP contribution < -0.4 is 4.43 Å². The summed E-state index contributed by atoms with van der Waals surface area (Å²) in [5.41, 5.74) is 5.75. The van der Waals surface area contributed by atoms with Gasteiger partial charge in [0, 0.05) is 0 Å². The molecular weight excluding hydrogens is 183 g/mol. The van der Waals surface area contributed by atoms with E-state index in [9.17, 15) is 0 Å². The van der Waals surface area contributed by atoms with Crippen LogP contribution in [0.1, 0.15) is 11.1 Å². The molecule has 0 aromatic heterocycles. The zero-order valence-electron chi connectivity index (χ0n) is 7.83. The number of rotatable bonds is 0. The summed E-state index contributed by atoms with van der Waals surface area (Å²) in [6.45, 7) is 0. The van der Waals surface area contributed by atoms with Crippen molar-refractivity contribution in [3.8, 4) is 11.1 Å². The molecule has 0 radical (unpaired) electrons. The van der Waals surface area contributed by atoms with E-state index >= 15 is 0 Å². The average Bonchev–Trinajstić information content (AvgIpc) is 2.59. The Hall–Kier alpha value is -1.03. The van der Waals surface area contributed by atoms with Gasteiger partial charge in [0.15, 0.2) is 0 Å². The van der Waals surface area contributed by atoms with Gasteiger partial charge >= 0.3 is 91.9 Å². The van der Waals surface area contributed by atoms with Gasteiger partial charge in [0.05, 0.1) is 0 Å². The fourth-order valence-corrected chi connectivity index (χ4v) is 2.55. The Balaban J connectivity index is 2.33. The predicted molar refractivity (Wildman–Crippen MR) is 60.1 cm³/mol. The summed E-state index contributed by atoms with van der Waals surface area (Å²) in [6.07, 6.45) is 1.09. The Morgan fingerprint density at radius 3 is 2.57 bits per heavy atom. The van der Waals surface area contributed by atoms with Crippen LogP contribution in [0.15, 0.2) is 42.5 Å². The van der Waals surface area contributed by atoms with Crippen LogP contribution in [0.25, 0.3) is 11.1 Å². The van der Waals surface area contributed by atoms with Crippen LogP contribution in [-0.2, 0) is 6.42 Å². The molecule has 0 atom stereocenters. The van der Waals surface area contributed by atoms with Crippen LogP contribution in [0.4, 0.5) is 0 Å². The molecular formula is C13H9Al+2. The van der Waals surface area contributed by atoms with Crippen LogP contribution >= 0.6 is 0 Å². The molecule has 0 saturated heterocycles. The van der Waals surface area contributed by atoms with E-state index in [4.69, 9.17) is 0 Å². The molecule has 62 valence electrons. The molecule has 0 N–H and O–H groups in total. The Labute approximate surface area is 92.0 Å². The summed E-state index contributed by atoms with van der Waals surface area (Å²) in [5.74, 6) is 0. The second-order valence-corrected chi connectivity index (χ2v) is 4.33.